The van der Waals surface area contributed by atoms with E-state index in [1.165, 1.54) is 19.5 Å². The van der Waals surface area contributed by atoms with Crippen molar-refractivity contribution in [3.8, 4) is 17.5 Å². The zero-order valence-corrected chi connectivity index (χ0v) is 7.76. The maximum Gasteiger partial charge on any atom is 0.267 e. The van der Waals surface area contributed by atoms with Crippen LogP contribution in [0, 0.1) is 6.92 Å². The third-order valence-electron chi connectivity index (χ3n) is 1.58. The van der Waals surface area contributed by atoms with Gasteiger partial charge in [0, 0.05) is 6.92 Å². The lowest BCUT2D eigenvalue weighted by molar-refractivity contribution is 0.395. The van der Waals surface area contributed by atoms with Gasteiger partial charge in [-0.3, -0.25) is 0 Å². The molecule has 0 spiro atoms. The van der Waals surface area contributed by atoms with Gasteiger partial charge in [0.15, 0.2) is 0 Å². The van der Waals surface area contributed by atoms with Gasteiger partial charge in [-0.25, -0.2) is 9.97 Å². The van der Waals surface area contributed by atoms with E-state index >= 15 is 0 Å². The Morgan fingerprint density at radius 2 is 2.07 bits per heavy atom. The Morgan fingerprint density at radius 3 is 2.57 bits per heavy atom. The summed E-state index contributed by atoms with van der Waals surface area (Å²) in [5, 5.41) is 7.50. The summed E-state index contributed by atoms with van der Waals surface area (Å²) >= 11 is 0. The Morgan fingerprint density at radius 1 is 1.21 bits per heavy atom. The molecule has 0 unspecified atom stereocenters. The molecule has 0 aromatic carbocycles. The summed E-state index contributed by atoms with van der Waals surface area (Å²) in [5.41, 5.74) is 0.534. The quantitative estimate of drug-likeness (QED) is 0.702. The second-order valence-corrected chi connectivity index (χ2v) is 2.57. The maximum atomic E-state index is 5.18. The van der Waals surface area contributed by atoms with Crippen molar-refractivity contribution in [1.82, 2.24) is 20.2 Å². The van der Waals surface area contributed by atoms with Crippen molar-refractivity contribution < 1.29 is 9.15 Å². The zero-order valence-electron chi connectivity index (χ0n) is 7.76. The highest BCUT2D eigenvalue weighted by molar-refractivity contribution is 5.43. The smallest absolute Gasteiger partial charge is 0.267 e. The minimum absolute atomic E-state index is 0.359. The van der Waals surface area contributed by atoms with Crippen LogP contribution in [-0.2, 0) is 0 Å². The van der Waals surface area contributed by atoms with Gasteiger partial charge in [-0.2, -0.15) is 0 Å². The van der Waals surface area contributed by atoms with Crippen molar-refractivity contribution in [3.63, 3.8) is 0 Å². The van der Waals surface area contributed by atoms with Crippen LogP contribution < -0.4 is 4.74 Å². The van der Waals surface area contributed by atoms with E-state index < -0.39 is 0 Å². The number of rotatable bonds is 2. The average molecular weight is 192 g/mol. The molecule has 2 aromatic heterocycles. The van der Waals surface area contributed by atoms with E-state index in [9.17, 15) is 0 Å². The Kier molecular flexibility index (Phi) is 2.10. The Labute approximate surface area is 80.0 Å². The Bertz CT molecular complexity index is 423. The summed E-state index contributed by atoms with van der Waals surface area (Å²) in [6, 6.07) is 0. The lowest BCUT2D eigenvalue weighted by Crippen LogP contribution is -1.90. The third kappa shape index (κ3) is 1.54. The Balaban J connectivity index is 2.33. The largest absolute Gasteiger partial charge is 0.480 e. The molecule has 6 nitrogen and oxygen atoms in total. The van der Waals surface area contributed by atoms with Gasteiger partial charge in [-0.15, -0.1) is 10.2 Å². The van der Waals surface area contributed by atoms with Crippen LogP contribution in [0.1, 0.15) is 5.89 Å². The average Bonchev–Trinajstić information content (AvgIpc) is 2.65. The number of aromatic nitrogens is 4. The first-order valence-electron chi connectivity index (χ1n) is 3.96. The summed E-state index contributed by atoms with van der Waals surface area (Å²) in [5.74, 6) is 1.31. The van der Waals surface area contributed by atoms with Crippen molar-refractivity contribution in [2.45, 2.75) is 6.92 Å². The van der Waals surface area contributed by atoms with Crippen LogP contribution in [0.3, 0.4) is 0 Å². The number of nitrogens with zero attached hydrogens (tertiary/aromatic N) is 4. The number of hydrogen-bond acceptors (Lipinski definition) is 6. The van der Waals surface area contributed by atoms with Crippen molar-refractivity contribution in [1.29, 1.82) is 0 Å². The van der Waals surface area contributed by atoms with Gasteiger partial charge in [-0.05, 0) is 0 Å². The second-order valence-electron chi connectivity index (χ2n) is 2.57. The Hall–Kier alpha value is -1.98. The highest BCUT2D eigenvalue weighted by atomic mass is 16.5. The molecule has 72 valence electrons. The summed E-state index contributed by atoms with van der Waals surface area (Å²) in [6.45, 7) is 1.72. The second kappa shape index (κ2) is 3.41. The first-order chi connectivity index (χ1) is 6.79. The molecule has 0 fully saturated rings. The van der Waals surface area contributed by atoms with Crippen LogP contribution in [0.15, 0.2) is 16.8 Å². The van der Waals surface area contributed by atoms with Crippen LogP contribution in [0.2, 0.25) is 0 Å². The van der Waals surface area contributed by atoms with Crippen LogP contribution in [-0.4, -0.2) is 27.3 Å². The van der Waals surface area contributed by atoms with Crippen LogP contribution in [0.4, 0.5) is 0 Å². The minimum atomic E-state index is 0.359. The van der Waals surface area contributed by atoms with Gasteiger partial charge in [-0.1, -0.05) is 0 Å². The molecule has 2 aromatic rings. The van der Waals surface area contributed by atoms with Crippen LogP contribution >= 0.6 is 0 Å². The predicted octanol–water partition coefficient (Wildman–Crippen LogP) is 0.844. The summed E-state index contributed by atoms with van der Waals surface area (Å²) in [4.78, 5) is 8.02. The molecule has 0 saturated carbocycles. The molecule has 6 heteroatoms. The van der Waals surface area contributed by atoms with Crippen LogP contribution in [0.25, 0.3) is 11.6 Å². The van der Waals surface area contributed by atoms with E-state index in [1.807, 2.05) is 0 Å². The number of methoxy groups -OCH3 is 1. The molecule has 0 N–H and O–H groups in total. The van der Waals surface area contributed by atoms with Gasteiger partial charge in [0.1, 0.15) is 5.69 Å². The van der Waals surface area contributed by atoms with E-state index in [4.69, 9.17) is 9.15 Å². The molecule has 0 bridgehead atoms. The maximum absolute atomic E-state index is 5.18. The number of hydrogen-bond donors (Lipinski definition) is 0. The fourth-order valence-corrected chi connectivity index (χ4v) is 0.932. The molecule has 0 atom stereocenters. The zero-order chi connectivity index (χ0) is 9.97. The lowest BCUT2D eigenvalue weighted by Gasteiger charge is -1.96. The molecular weight excluding hydrogens is 184 g/mol. The summed E-state index contributed by atoms with van der Waals surface area (Å²) in [7, 11) is 1.53. The van der Waals surface area contributed by atoms with Gasteiger partial charge < -0.3 is 9.15 Å². The first kappa shape index (κ1) is 8.61. The standard InChI is InChI=1S/C8H8N4O2/c1-5-11-12-8(14-5)6-3-10-7(13-2)4-9-6/h3-4H,1-2H3. The third-order valence-corrected chi connectivity index (χ3v) is 1.58. The van der Waals surface area contributed by atoms with Gasteiger partial charge >= 0.3 is 0 Å². The molecule has 0 saturated heterocycles. The number of ether oxygens (including phenoxy) is 1. The lowest BCUT2D eigenvalue weighted by atomic mass is 10.4. The fourth-order valence-electron chi connectivity index (χ4n) is 0.932. The number of aryl methyl sites for hydroxylation is 1. The molecule has 2 rings (SSSR count). The topological polar surface area (TPSA) is 73.9 Å². The molecule has 0 aliphatic heterocycles. The van der Waals surface area contributed by atoms with Gasteiger partial charge in [0.2, 0.25) is 11.8 Å². The fraction of sp³-hybridized carbons (Fsp3) is 0.250. The van der Waals surface area contributed by atoms with Crippen molar-refractivity contribution in [3.05, 3.63) is 18.3 Å². The van der Waals surface area contributed by atoms with E-state index in [0.717, 1.165) is 0 Å². The molecule has 0 amide bonds. The van der Waals surface area contributed by atoms with E-state index in [0.29, 0.717) is 23.4 Å². The minimum Gasteiger partial charge on any atom is -0.480 e. The van der Waals surface area contributed by atoms with E-state index in [1.54, 1.807) is 6.92 Å². The van der Waals surface area contributed by atoms with E-state index in [2.05, 4.69) is 20.2 Å². The van der Waals surface area contributed by atoms with Gasteiger partial charge in [0.25, 0.3) is 5.89 Å². The molecule has 2 heterocycles. The van der Waals surface area contributed by atoms with Gasteiger partial charge in [0.05, 0.1) is 19.5 Å². The molecule has 0 aliphatic carbocycles. The molecule has 0 radical (unpaired) electrons. The SMILES string of the molecule is COc1cnc(-c2nnc(C)o2)cn1. The summed E-state index contributed by atoms with van der Waals surface area (Å²) in [6.07, 6.45) is 3.01. The predicted molar refractivity (Wildman–Crippen MR) is 46.6 cm³/mol. The first-order valence-corrected chi connectivity index (χ1v) is 3.96. The van der Waals surface area contributed by atoms with Crippen molar-refractivity contribution in [2.24, 2.45) is 0 Å². The molecular formula is C8H8N4O2. The molecule has 0 aliphatic rings. The van der Waals surface area contributed by atoms with Crippen molar-refractivity contribution >= 4 is 0 Å². The van der Waals surface area contributed by atoms with Crippen molar-refractivity contribution in [2.75, 3.05) is 7.11 Å². The summed E-state index contributed by atoms with van der Waals surface area (Å²) < 4.78 is 10.0. The van der Waals surface area contributed by atoms with E-state index in [-0.39, 0.29) is 0 Å². The highest BCUT2D eigenvalue weighted by Gasteiger charge is 2.07. The normalized spacial score (nSPS) is 10.1. The molecule has 14 heavy (non-hydrogen) atoms. The monoisotopic (exact) mass is 192 g/mol. The van der Waals surface area contributed by atoms with Crippen LogP contribution in [0.5, 0.6) is 5.88 Å². The highest BCUT2D eigenvalue weighted by Crippen LogP contribution is 2.14.